The van der Waals surface area contributed by atoms with Crippen LogP contribution in [0.25, 0.3) is 16.3 Å². The highest BCUT2D eigenvalue weighted by Crippen LogP contribution is 2.23. The second kappa shape index (κ2) is 9.48. The first-order valence-corrected chi connectivity index (χ1v) is 10.7. The fraction of sp³-hybridized carbons (Fsp3) is 0.182. The number of aromatic nitrogens is 3. The van der Waals surface area contributed by atoms with Crippen molar-refractivity contribution in [3.05, 3.63) is 77.1 Å². The molecule has 2 amide bonds. The predicted molar refractivity (Wildman–Crippen MR) is 116 cm³/mol. The predicted octanol–water partition coefficient (Wildman–Crippen LogP) is 2.61. The van der Waals surface area contributed by atoms with Gasteiger partial charge >= 0.3 is 11.8 Å². The van der Waals surface area contributed by atoms with Gasteiger partial charge in [0, 0.05) is 24.9 Å². The molecule has 0 aliphatic carbocycles. The molecule has 2 aromatic heterocycles. The van der Waals surface area contributed by atoms with Gasteiger partial charge in [-0.15, -0.1) is 16.4 Å². The lowest BCUT2D eigenvalue weighted by Gasteiger charge is -2.06. The van der Waals surface area contributed by atoms with Gasteiger partial charge in [-0.2, -0.15) is 4.98 Å². The Hall–Kier alpha value is -3.59. The molecule has 0 aliphatic rings. The lowest BCUT2D eigenvalue weighted by molar-refractivity contribution is -0.139. The fourth-order valence-corrected chi connectivity index (χ4v) is 3.94. The van der Waals surface area contributed by atoms with Gasteiger partial charge in [-0.1, -0.05) is 42.5 Å². The smallest absolute Gasteiger partial charge is 0.309 e. The number of hydrogen-bond acceptors (Lipinski definition) is 5. The van der Waals surface area contributed by atoms with Crippen molar-refractivity contribution in [1.82, 2.24) is 25.2 Å². The maximum absolute atomic E-state index is 14.0. The van der Waals surface area contributed by atoms with E-state index in [0.29, 0.717) is 35.7 Å². The lowest BCUT2D eigenvalue weighted by atomic mass is 10.1. The Labute approximate surface area is 181 Å². The molecule has 0 atom stereocenters. The van der Waals surface area contributed by atoms with E-state index in [1.54, 1.807) is 22.7 Å². The molecule has 9 heteroatoms. The zero-order chi connectivity index (χ0) is 21.6. The molecule has 158 valence electrons. The molecule has 4 aromatic rings. The van der Waals surface area contributed by atoms with Crippen LogP contribution < -0.4 is 10.6 Å². The number of benzene rings is 2. The zero-order valence-electron chi connectivity index (χ0n) is 16.5. The molecule has 0 spiro atoms. The molecular formula is C22H20FN5O2S. The largest absolute Gasteiger partial charge is 0.348 e. The minimum atomic E-state index is -0.676. The third-order valence-electron chi connectivity index (χ3n) is 4.68. The van der Waals surface area contributed by atoms with Crippen LogP contribution in [0.15, 0.2) is 60.0 Å². The van der Waals surface area contributed by atoms with E-state index in [2.05, 4.69) is 20.7 Å². The average Bonchev–Trinajstić information content (AvgIpc) is 3.36. The van der Waals surface area contributed by atoms with Gasteiger partial charge in [0.15, 0.2) is 5.82 Å². The maximum Gasteiger partial charge on any atom is 0.309 e. The third kappa shape index (κ3) is 4.95. The summed E-state index contributed by atoms with van der Waals surface area (Å²) in [5, 5.41) is 11.5. The van der Waals surface area contributed by atoms with Gasteiger partial charge in [-0.3, -0.25) is 9.59 Å². The molecule has 4 rings (SSSR count). The average molecular weight is 438 g/mol. The van der Waals surface area contributed by atoms with Crippen LogP contribution in [-0.2, 0) is 22.4 Å². The molecule has 0 bridgehead atoms. The van der Waals surface area contributed by atoms with Gasteiger partial charge in [-0.25, -0.2) is 8.91 Å². The lowest BCUT2D eigenvalue weighted by Crippen LogP contribution is -2.41. The van der Waals surface area contributed by atoms with Gasteiger partial charge in [0.05, 0.1) is 11.3 Å². The van der Waals surface area contributed by atoms with Crippen molar-refractivity contribution >= 4 is 28.1 Å². The molecule has 0 fully saturated rings. The van der Waals surface area contributed by atoms with Crippen molar-refractivity contribution in [2.75, 3.05) is 13.1 Å². The molecule has 2 aromatic carbocycles. The molecular weight excluding hydrogens is 417 g/mol. The van der Waals surface area contributed by atoms with E-state index < -0.39 is 11.8 Å². The summed E-state index contributed by atoms with van der Waals surface area (Å²) >= 11 is 1.38. The third-order valence-corrected chi connectivity index (χ3v) is 5.54. The van der Waals surface area contributed by atoms with Crippen molar-refractivity contribution in [2.45, 2.75) is 12.8 Å². The normalized spacial score (nSPS) is 10.9. The summed E-state index contributed by atoms with van der Waals surface area (Å²) in [7, 11) is 0. The summed E-state index contributed by atoms with van der Waals surface area (Å²) in [4.78, 5) is 29.0. The Kier molecular flexibility index (Phi) is 6.32. The number of carbonyl (C=O) groups excluding carboxylic acids is 2. The maximum atomic E-state index is 14.0. The van der Waals surface area contributed by atoms with Crippen molar-refractivity contribution in [3.8, 4) is 11.4 Å². The zero-order valence-corrected chi connectivity index (χ0v) is 17.4. The summed E-state index contributed by atoms with van der Waals surface area (Å²) in [6, 6.07) is 16.1. The number of fused-ring (bicyclic) bond motifs is 1. The molecule has 0 aliphatic heterocycles. The molecule has 2 N–H and O–H groups in total. The highest BCUT2D eigenvalue weighted by Gasteiger charge is 2.15. The summed E-state index contributed by atoms with van der Waals surface area (Å²) in [5.74, 6) is -1.40. The van der Waals surface area contributed by atoms with Crippen LogP contribution in [0, 0.1) is 5.82 Å². The summed E-state index contributed by atoms with van der Waals surface area (Å²) in [6.07, 6.45) is 1.12. The van der Waals surface area contributed by atoms with E-state index in [9.17, 15) is 14.0 Å². The highest BCUT2D eigenvalue weighted by atomic mass is 32.1. The first-order valence-electron chi connectivity index (χ1n) is 9.80. The first kappa shape index (κ1) is 20.7. The van der Waals surface area contributed by atoms with Gasteiger partial charge in [-0.05, 0) is 24.1 Å². The molecule has 0 saturated carbocycles. The molecule has 2 heterocycles. The minimum Gasteiger partial charge on any atom is -0.348 e. The Morgan fingerprint density at radius 1 is 0.935 bits per heavy atom. The van der Waals surface area contributed by atoms with Crippen molar-refractivity contribution < 1.29 is 14.0 Å². The number of carbonyl (C=O) groups is 2. The monoisotopic (exact) mass is 437 g/mol. The number of rotatable bonds is 7. The quantitative estimate of drug-likeness (QED) is 0.435. The van der Waals surface area contributed by atoms with E-state index >= 15 is 0 Å². The van der Waals surface area contributed by atoms with E-state index in [1.807, 2.05) is 35.7 Å². The fourth-order valence-electron chi connectivity index (χ4n) is 3.08. The molecule has 0 saturated heterocycles. The van der Waals surface area contributed by atoms with Gasteiger partial charge < -0.3 is 10.6 Å². The number of halogens is 1. The van der Waals surface area contributed by atoms with E-state index in [-0.39, 0.29) is 12.4 Å². The number of hydrogen-bond donors (Lipinski definition) is 2. The van der Waals surface area contributed by atoms with E-state index in [0.717, 1.165) is 11.3 Å². The Morgan fingerprint density at radius 2 is 1.61 bits per heavy atom. The number of amides is 2. The Balaban J connectivity index is 1.28. The van der Waals surface area contributed by atoms with Crippen LogP contribution in [0.5, 0.6) is 0 Å². The molecule has 0 unspecified atom stereocenters. The number of nitrogens with zero attached hydrogens (tertiary/aromatic N) is 3. The van der Waals surface area contributed by atoms with Crippen LogP contribution in [-0.4, -0.2) is 39.5 Å². The topological polar surface area (TPSA) is 88.4 Å². The summed E-state index contributed by atoms with van der Waals surface area (Å²) in [5.41, 5.74) is 2.25. The van der Waals surface area contributed by atoms with E-state index in [1.165, 1.54) is 17.4 Å². The van der Waals surface area contributed by atoms with Gasteiger partial charge in [0.1, 0.15) is 5.82 Å². The first-order chi connectivity index (χ1) is 15.1. The SMILES string of the molecule is O=C(NCCc1ccccc1)C(=O)NCCc1csc2nc(-c3ccccc3F)nn12. The van der Waals surface area contributed by atoms with Gasteiger partial charge in [0.2, 0.25) is 4.96 Å². The Bertz CT molecular complexity index is 1210. The van der Waals surface area contributed by atoms with Gasteiger partial charge in [0.25, 0.3) is 0 Å². The molecule has 7 nitrogen and oxygen atoms in total. The van der Waals surface area contributed by atoms with Crippen LogP contribution in [0.3, 0.4) is 0 Å². The number of thiazole rings is 1. The number of nitrogens with one attached hydrogen (secondary N) is 2. The van der Waals surface area contributed by atoms with Crippen molar-refractivity contribution in [3.63, 3.8) is 0 Å². The second-order valence-corrected chi connectivity index (χ2v) is 7.67. The van der Waals surface area contributed by atoms with Crippen LogP contribution in [0.2, 0.25) is 0 Å². The van der Waals surface area contributed by atoms with Crippen LogP contribution >= 0.6 is 11.3 Å². The summed E-state index contributed by atoms with van der Waals surface area (Å²) in [6.45, 7) is 0.658. The second-order valence-electron chi connectivity index (χ2n) is 6.83. The standard InChI is InChI=1S/C22H20FN5O2S/c23-18-9-5-4-8-17(18)19-26-22-28(27-19)16(14-31-22)11-13-25-21(30)20(29)24-12-10-15-6-2-1-3-7-15/h1-9,14H,10-13H2,(H,24,29)(H,25,30). The summed E-state index contributed by atoms with van der Waals surface area (Å²) < 4.78 is 15.6. The highest BCUT2D eigenvalue weighted by molar-refractivity contribution is 7.15. The minimum absolute atomic E-state index is 0.270. The van der Waals surface area contributed by atoms with Crippen LogP contribution in [0.4, 0.5) is 4.39 Å². The van der Waals surface area contributed by atoms with Crippen molar-refractivity contribution in [2.24, 2.45) is 0 Å². The van der Waals surface area contributed by atoms with Crippen LogP contribution in [0.1, 0.15) is 11.3 Å². The van der Waals surface area contributed by atoms with Crippen molar-refractivity contribution in [1.29, 1.82) is 0 Å². The molecule has 31 heavy (non-hydrogen) atoms. The molecule has 0 radical (unpaired) electrons. The van der Waals surface area contributed by atoms with E-state index in [4.69, 9.17) is 0 Å². The Morgan fingerprint density at radius 3 is 2.35 bits per heavy atom.